The molecule has 74 valence electrons. The zero-order valence-electron chi connectivity index (χ0n) is 9.13. The molecule has 0 N–H and O–H groups in total. The maximum atomic E-state index is 11.2. The van der Waals surface area contributed by atoms with E-state index in [4.69, 9.17) is 0 Å². The maximum absolute atomic E-state index is 11.2. The molecule has 0 radical (unpaired) electrons. The molecule has 1 unspecified atom stereocenters. The summed E-state index contributed by atoms with van der Waals surface area (Å²) in [7, 11) is 0. The molecule has 1 atom stereocenters. The summed E-state index contributed by atoms with van der Waals surface area (Å²) in [6, 6.07) is 0. The van der Waals surface area contributed by atoms with Gasteiger partial charge in [-0.1, -0.05) is 30.7 Å². The van der Waals surface area contributed by atoms with Crippen molar-refractivity contribution in [1.82, 2.24) is 0 Å². The molecule has 0 amide bonds. The van der Waals surface area contributed by atoms with Crippen molar-refractivity contribution >= 4 is 5.78 Å². The first kappa shape index (κ1) is 12.2. The van der Waals surface area contributed by atoms with Gasteiger partial charge in [0, 0.05) is 5.92 Å². The summed E-state index contributed by atoms with van der Waals surface area (Å²) in [6.07, 6.45) is 8.03. The second kappa shape index (κ2) is 6.64. The van der Waals surface area contributed by atoms with Gasteiger partial charge >= 0.3 is 0 Å². The lowest BCUT2D eigenvalue weighted by atomic mass is 9.99. The van der Waals surface area contributed by atoms with Crippen molar-refractivity contribution in [3.05, 3.63) is 23.8 Å². The Kier molecular flexibility index (Phi) is 6.21. The van der Waals surface area contributed by atoms with E-state index in [1.165, 1.54) is 5.57 Å². The third-order valence-electron chi connectivity index (χ3n) is 1.91. The molecule has 0 saturated heterocycles. The van der Waals surface area contributed by atoms with Crippen molar-refractivity contribution in [2.24, 2.45) is 5.92 Å². The lowest BCUT2D eigenvalue weighted by Gasteiger charge is -2.05. The number of carbonyl (C=O) groups is 1. The highest BCUT2D eigenvalue weighted by atomic mass is 16.1. The molecular weight excluding hydrogens is 160 g/mol. The number of allylic oxidation sites excluding steroid dienone is 4. The van der Waals surface area contributed by atoms with Gasteiger partial charge in [-0.25, -0.2) is 0 Å². The summed E-state index contributed by atoms with van der Waals surface area (Å²) >= 11 is 0. The van der Waals surface area contributed by atoms with Gasteiger partial charge in [-0.05, 0) is 33.6 Å². The summed E-state index contributed by atoms with van der Waals surface area (Å²) in [5.74, 6) is 0.331. The van der Waals surface area contributed by atoms with Crippen LogP contribution in [0.2, 0.25) is 0 Å². The van der Waals surface area contributed by atoms with Crippen molar-refractivity contribution in [1.29, 1.82) is 0 Å². The summed E-state index contributed by atoms with van der Waals surface area (Å²) < 4.78 is 0. The van der Waals surface area contributed by atoms with E-state index >= 15 is 0 Å². The van der Waals surface area contributed by atoms with Crippen LogP contribution >= 0.6 is 0 Å². The molecule has 0 bridgehead atoms. The van der Waals surface area contributed by atoms with Gasteiger partial charge in [0.25, 0.3) is 0 Å². The molecule has 0 saturated carbocycles. The molecule has 0 heterocycles. The van der Waals surface area contributed by atoms with Crippen LogP contribution in [0.3, 0.4) is 0 Å². The fourth-order valence-electron chi connectivity index (χ4n) is 1.04. The van der Waals surface area contributed by atoms with Gasteiger partial charge in [-0.15, -0.1) is 0 Å². The van der Waals surface area contributed by atoms with Gasteiger partial charge in [0.2, 0.25) is 0 Å². The highest BCUT2D eigenvalue weighted by Gasteiger charge is 2.07. The van der Waals surface area contributed by atoms with E-state index in [-0.39, 0.29) is 11.7 Å². The van der Waals surface area contributed by atoms with E-state index in [9.17, 15) is 4.79 Å². The average molecular weight is 180 g/mol. The van der Waals surface area contributed by atoms with Crippen LogP contribution < -0.4 is 0 Å². The van der Waals surface area contributed by atoms with Gasteiger partial charge in [-0.2, -0.15) is 0 Å². The van der Waals surface area contributed by atoms with Gasteiger partial charge in [0.15, 0.2) is 0 Å². The molecule has 0 aliphatic carbocycles. The number of ketones is 1. The van der Waals surface area contributed by atoms with Crippen molar-refractivity contribution < 1.29 is 4.79 Å². The van der Waals surface area contributed by atoms with Gasteiger partial charge in [0.05, 0.1) is 0 Å². The second-order valence-electron chi connectivity index (χ2n) is 3.57. The number of hydrogen-bond donors (Lipinski definition) is 0. The summed E-state index contributed by atoms with van der Waals surface area (Å²) in [4.78, 5) is 11.2. The van der Waals surface area contributed by atoms with Crippen molar-refractivity contribution in [3.63, 3.8) is 0 Å². The highest BCUT2D eigenvalue weighted by Crippen LogP contribution is 2.10. The summed E-state index contributed by atoms with van der Waals surface area (Å²) in [6.45, 7) is 7.85. The number of rotatable bonds is 5. The molecule has 0 rings (SSSR count). The largest absolute Gasteiger partial charge is 0.299 e. The second-order valence-corrected chi connectivity index (χ2v) is 3.57. The molecule has 13 heavy (non-hydrogen) atoms. The third kappa shape index (κ3) is 6.32. The Morgan fingerprint density at radius 3 is 2.31 bits per heavy atom. The van der Waals surface area contributed by atoms with Gasteiger partial charge in [-0.3, -0.25) is 4.79 Å². The van der Waals surface area contributed by atoms with E-state index < -0.39 is 0 Å². The van der Waals surface area contributed by atoms with Crippen LogP contribution in [-0.2, 0) is 4.79 Å². The van der Waals surface area contributed by atoms with Crippen LogP contribution in [0, 0.1) is 5.92 Å². The van der Waals surface area contributed by atoms with Gasteiger partial charge < -0.3 is 0 Å². The topological polar surface area (TPSA) is 17.1 Å². The minimum absolute atomic E-state index is 0.0786. The first-order valence-corrected chi connectivity index (χ1v) is 4.88. The molecular formula is C12H20O. The monoisotopic (exact) mass is 180 g/mol. The first-order chi connectivity index (χ1) is 6.07. The van der Waals surface area contributed by atoms with Gasteiger partial charge in [0.1, 0.15) is 5.78 Å². The zero-order valence-corrected chi connectivity index (χ0v) is 9.13. The number of carbonyl (C=O) groups excluding carboxylic acids is 1. The molecule has 1 heteroatoms. The van der Waals surface area contributed by atoms with E-state index in [0.717, 1.165) is 12.8 Å². The van der Waals surface area contributed by atoms with Crippen LogP contribution in [-0.4, -0.2) is 5.78 Å². The predicted molar refractivity (Wildman–Crippen MR) is 57.7 cm³/mol. The Hall–Kier alpha value is -0.850. The molecule has 0 aromatic heterocycles. The van der Waals surface area contributed by atoms with Crippen LogP contribution in [0.5, 0.6) is 0 Å². The van der Waals surface area contributed by atoms with Crippen LogP contribution in [0.15, 0.2) is 23.8 Å². The standard InChI is InChI=1S/C12H20O/c1-5-6-7-12(11(4)13)9-8-10(2)3/h6-8,12H,5,9H2,1-4H3. The van der Waals surface area contributed by atoms with E-state index in [1.807, 2.05) is 6.08 Å². The molecule has 0 aromatic carbocycles. The van der Waals surface area contributed by atoms with Crippen LogP contribution in [0.4, 0.5) is 0 Å². The molecule has 0 spiro atoms. The van der Waals surface area contributed by atoms with E-state index in [2.05, 4.69) is 32.9 Å². The maximum Gasteiger partial charge on any atom is 0.136 e. The molecule has 0 aromatic rings. The van der Waals surface area contributed by atoms with E-state index in [1.54, 1.807) is 6.92 Å². The smallest absolute Gasteiger partial charge is 0.136 e. The van der Waals surface area contributed by atoms with Crippen molar-refractivity contribution in [3.8, 4) is 0 Å². The summed E-state index contributed by atoms with van der Waals surface area (Å²) in [5.41, 5.74) is 1.27. The van der Waals surface area contributed by atoms with Crippen LogP contribution in [0.25, 0.3) is 0 Å². The normalized spacial score (nSPS) is 12.9. The molecule has 0 aliphatic rings. The van der Waals surface area contributed by atoms with Crippen LogP contribution in [0.1, 0.15) is 40.5 Å². The lowest BCUT2D eigenvalue weighted by Crippen LogP contribution is -2.06. The van der Waals surface area contributed by atoms with Crippen molar-refractivity contribution in [2.45, 2.75) is 40.5 Å². The predicted octanol–water partition coefficient (Wildman–Crippen LogP) is 3.51. The average Bonchev–Trinajstić information content (AvgIpc) is 2.03. The highest BCUT2D eigenvalue weighted by molar-refractivity contribution is 5.80. The Morgan fingerprint density at radius 1 is 1.31 bits per heavy atom. The Morgan fingerprint density at radius 2 is 1.92 bits per heavy atom. The first-order valence-electron chi connectivity index (χ1n) is 4.88. The Balaban J connectivity index is 4.19. The minimum Gasteiger partial charge on any atom is -0.299 e. The van der Waals surface area contributed by atoms with E-state index in [0.29, 0.717) is 0 Å². The quantitative estimate of drug-likeness (QED) is 0.592. The SMILES string of the molecule is CCC=CC(CC=C(C)C)C(C)=O. The molecule has 0 fully saturated rings. The third-order valence-corrected chi connectivity index (χ3v) is 1.91. The Bertz CT molecular complexity index is 207. The van der Waals surface area contributed by atoms with Crippen molar-refractivity contribution in [2.75, 3.05) is 0 Å². The fourth-order valence-corrected chi connectivity index (χ4v) is 1.04. The molecule has 1 nitrogen and oxygen atoms in total. The minimum atomic E-state index is 0.0786. The zero-order chi connectivity index (χ0) is 10.3. The Labute approximate surface area is 81.5 Å². The molecule has 0 aliphatic heterocycles. The summed E-state index contributed by atoms with van der Waals surface area (Å²) in [5, 5.41) is 0. The number of hydrogen-bond acceptors (Lipinski definition) is 1. The fraction of sp³-hybridized carbons (Fsp3) is 0.583. The number of Topliss-reactive ketones (excluding diaryl/α,β-unsaturated/α-hetero) is 1. The lowest BCUT2D eigenvalue weighted by molar-refractivity contribution is -0.119.